The van der Waals surface area contributed by atoms with Crippen LogP contribution >= 0.6 is 0 Å². The molecule has 11 amide bonds. The minimum atomic E-state index is -0.952. The first-order valence-corrected chi connectivity index (χ1v) is 30.9. The van der Waals surface area contributed by atoms with Crippen molar-refractivity contribution in [3.63, 3.8) is 0 Å². The molecule has 2 aromatic heterocycles. The number of methoxy groups -OCH3 is 1. The van der Waals surface area contributed by atoms with E-state index in [-0.39, 0.29) is 113 Å². The van der Waals surface area contributed by atoms with Crippen LogP contribution in [0.2, 0.25) is 0 Å². The van der Waals surface area contributed by atoms with Gasteiger partial charge in [-0.1, -0.05) is 44.5 Å². The molecule has 2 unspecified atom stereocenters. The fourth-order valence-corrected chi connectivity index (χ4v) is 10.2. The summed E-state index contributed by atoms with van der Waals surface area (Å²) in [5.41, 5.74) is 10.9. The van der Waals surface area contributed by atoms with Gasteiger partial charge < -0.3 is 80.7 Å². The zero-order chi connectivity index (χ0) is 68.1. The lowest BCUT2D eigenvalue weighted by Gasteiger charge is -2.25. The average molecular weight is 1290 g/mol. The molecule has 0 saturated carbocycles. The largest absolute Gasteiger partial charge is 0.465 e. The Labute approximate surface area is 539 Å². The number of furan rings is 1. The lowest BCUT2D eigenvalue weighted by Crippen LogP contribution is -2.54. The highest BCUT2D eigenvalue weighted by Crippen LogP contribution is 2.48. The van der Waals surface area contributed by atoms with E-state index in [1.807, 2.05) is 59.7 Å². The van der Waals surface area contributed by atoms with Crippen molar-refractivity contribution < 1.29 is 76.1 Å². The number of aryl methyl sites for hydroxylation is 2. The van der Waals surface area contributed by atoms with E-state index in [2.05, 4.69) is 36.9 Å². The Balaban J connectivity index is 0.000000313. The maximum Gasteiger partial charge on any atom is 0.415 e. The number of esters is 1. The molecule has 0 bridgehead atoms. The van der Waals surface area contributed by atoms with Gasteiger partial charge in [-0.25, -0.2) is 19.2 Å². The fraction of sp³-hybridized carbons (Fsp3) is 0.462. The second kappa shape index (κ2) is 34.6. The van der Waals surface area contributed by atoms with Crippen molar-refractivity contribution >= 4 is 98.8 Å². The smallest absolute Gasteiger partial charge is 0.415 e. The number of anilines is 2. The molecular weight excluding hydrogens is 1200 g/mol. The molecule has 3 aromatic carbocycles. The van der Waals surface area contributed by atoms with Crippen LogP contribution in [0, 0.1) is 19.8 Å². The lowest BCUT2D eigenvalue weighted by molar-refractivity contribution is -0.137. The summed E-state index contributed by atoms with van der Waals surface area (Å²) in [7, 11) is 4.60. The molecule has 0 spiro atoms. The number of nitrogens with two attached hydrogens (primary N) is 1. The number of nitrogens with zero attached hydrogens (tertiary/aromatic N) is 4. The molecule has 28 nitrogen and oxygen atoms in total. The summed E-state index contributed by atoms with van der Waals surface area (Å²) in [6, 6.07) is 13.6. The summed E-state index contributed by atoms with van der Waals surface area (Å²) >= 11 is 0. The molecule has 3 atom stereocenters. The number of urea groups is 1. The first-order chi connectivity index (χ1) is 44.4. The number of carbonyl (C=O) groups excluding carboxylic acids is 11. The summed E-state index contributed by atoms with van der Waals surface area (Å²) in [5, 5.41) is 18.0. The SMILES string of the molecule is CCC1CN(C(=O)c2cc3cc(C)ccc3o2)c2cc(OC(=O)N(C)CC)c3[nH]c(C)c(C(=O)OC)c3c21.CCN(C)C(=O)OCc1ccc(NC(=O)C(CCCNC(N)=O)NC(=O)[C@@H](NCCNC(=O)CCOCCNC(=O)CCN2C(=O)C=CC2=O)C(C)C)cc1. The predicted molar refractivity (Wildman–Crippen MR) is 345 cm³/mol. The number of benzene rings is 3. The standard InChI is InChI=1S/C36H55N9O10.C29H31N3O6/c1-5-44(4)36(53)55-23-25-8-10-26(11-9-25)42-33(50)27(7-6-16-41-35(37)52)43-34(51)32(24(2)3)40-18-17-38-29(47)15-21-54-22-19-39-28(46)14-20-45-30(48)12-13-31(45)49;1-7-17-14-32(27(33)22-12-18-11-15(3)9-10-20(18)37-22)19-13-21(38-29(35)31(5)8-2)26-25(24(17)19)23(16(4)30-26)28(34)36-6/h8-13,24,27,32,40H,5-7,14-23H2,1-4H3,(H,38,47)(H,39,46)(H,42,50)(H,43,51)(H3,37,41,52);9-13,17,30H,7-8,14H2,1-6H3/t27?,32-;/m0./s1. The molecule has 7 rings (SSSR count). The summed E-state index contributed by atoms with van der Waals surface area (Å²) in [6.07, 6.45) is 2.64. The Hall–Kier alpha value is -9.83. The number of primary amides is 1. The second-order valence-corrected chi connectivity index (χ2v) is 22.6. The Morgan fingerprint density at radius 3 is 2.13 bits per heavy atom. The zero-order valence-corrected chi connectivity index (χ0v) is 54.4. The van der Waals surface area contributed by atoms with Crippen molar-refractivity contribution in [2.24, 2.45) is 11.7 Å². The van der Waals surface area contributed by atoms with Gasteiger partial charge >= 0.3 is 24.2 Å². The van der Waals surface area contributed by atoms with Gasteiger partial charge in [-0.2, -0.15) is 0 Å². The van der Waals surface area contributed by atoms with E-state index in [4.69, 9.17) is 29.1 Å². The number of hydrogen-bond donors (Lipinski definition) is 8. The zero-order valence-electron chi connectivity index (χ0n) is 54.4. The third-order valence-electron chi connectivity index (χ3n) is 15.6. The number of nitrogens with one attached hydrogen (secondary N) is 7. The van der Waals surface area contributed by atoms with E-state index in [0.717, 1.165) is 45.5 Å². The van der Waals surface area contributed by atoms with E-state index in [1.54, 1.807) is 62.3 Å². The van der Waals surface area contributed by atoms with Crippen LogP contribution in [-0.4, -0.2) is 184 Å². The molecule has 502 valence electrons. The third kappa shape index (κ3) is 19.8. The van der Waals surface area contributed by atoms with Crippen molar-refractivity contribution in [3.8, 4) is 5.75 Å². The Morgan fingerprint density at radius 1 is 0.796 bits per heavy atom. The molecule has 4 heterocycles. The number of amides is 11. The molecule has 28 heteroatoms. The number of ether oxygens (including phenoxy) is 4. The molecule has 0 saturated heterocycles. The number of aromatic nitrogens is 1. The number of hydrogen-bond acceptors (Lipinski definition) is 17. The molecule has 0 aliphatic carbocycles. The van der Waals surface area contributed by atoms with Gasteiger partial charge in [0.15, 0.2) is 11.5 Å². The number of imide groups is 1. The number of rotatable bonds is 30. The van der Waals surface area contributed by atoms with E-state index in [0.29, 0.717) is 65.2 Å². The van der Waals surface area contributed by atoms with Crippen LogP contribution in [-0.2, 0) is 49.6 Å². The topological polar surface area (TPSA) is 365 Å². The van der Waals surface area contributed by atoms with Crippen molar-refractivity contribution in [2.45, 2.75) is 105 Å². The van der Waals surface area contributed by atoms with E-state index in [9.17, 15) is 52.7 Å². The molecular formula is C65H86N12O16. The molecule has 2 aliphatic heterocycles. The summed E-state index contributed by atoms with van der Waals surface area (Å²) in [4.78, 5) is 145. The van der Waals surface area contributed by atoms with Gasteiger partial charge in [-0.15, -0.1) is 0 Å². The first kappa shape index (κ1) is 72.2. The van der Waals surface area contributed by atoms with Crippen molar-refractivity contribution in [2.75, 3.05) is 97.0 Å². The van der Waals surface area contributed by atoms with Gasteiger partial charge in [0.05, 0.1) is 43.1 Å². The van der Waals surface area contributed by atoms with Crippen LogP contribution in [0.25, 0.3) is 21.9 Å². The number of fused-ring (bicyclic) bond motifs is 4. The second-order valence-electron chi connectivity index (χ2n) is 22.6. The summed E-state index contributed by atoms with van der Waals surface area (Å²) < 4.78 is 27.5. The first-order valence-electron chi connectivity index (χ1n) is 30.9. The summed E-state index contributed by atoms with van der Waals surface area (Å²) in [6.45, 7) is 15.7. The number of carbonyl (C=O) groups is 11. The average Bonchev–Trinajstić information content (AvgIpc) is 1.58. The normalized spacial score (nSPS) is 13.8. The lowest BCUT2D eigenvalue weighted by atomic mass is 9.93. The third-order valence-corrected chi connectivity index (χ3v) is 15.6. The van der Waals surface area contributed by atoms with Crippen LogP contribution in [0.1, 0.15) is 116 Å². The quantitative estimate of drug-likeness (QED) is 0.0157. The summed E-state index contributed by atoms with van der Waals surface area (Å²) in [5.74, 6) is -2.98. The Bertz CT molecular complexity index is 3540. The minimum Gasteiger partial charge on any atom is -0.465 e. The maximum absolute atomic E-state index is 13.8. The van der Waals surface area contributed by atoms with Gasteiger partial charge in [-0.05, 0) is 94.3 Å². The van der Waals surface area contributed by atoms with Gasteiger partial charge in [-0.3, -0.25) is 38.5 Å². The van der Waals surface area contributed by atoms with Gasteiger partial charge in [0, 0.05) is 126 Å². The van der Waals surface area contributed by atoms with Crippen molar-refractivity contribution in [1.29, 1.82) is 0 Å². The molecule has 93 heavy (non-hydrogen) atoms. The Kier molecular flexibility index (Phi) is 26.8. The number of H-pyrrole nitrogens is 1. The fourth-order valence-electron chi connectivity index (χ4n) is 10.2. The number of aromatic amines is 1. The highest BCUT2D eigenvalue weighted by Gasteiger charge is 2.39. The van der Waals surface area contributed by atoms with Crippen LogP contribution in [0.3, 0.4) is 0 Å². The van der Waals surface area contributed by atoms with Crippen LogP contribution in [0.4, 0.5) is 25.8 Å². The van der Waals surface area contributed by atoms with Crippen LogP contribution in [0.5, 0.6) is 5.75 Å². The van der Waals surface area contributed by atoms with E-state index in [1.165, 1.54) is 16.9 Å². The predicted octanol–water partition coefficient (Wildman–Crippen LogP) is 5.64. The molecule has 9 N–H and O–H groups in total. The highest BCUT2D eigenvalue weighted by molar-refractivity contribution is 6.15. The monoisotopic (exact) mass is 1290 g/mol. The van der Waals surface area contributed by atoms with Crippen LogP contribution < -0.4 is 47.3 Å². The molecule has 2 aliphatic rings. The maximum atomic E-state index is 13.8. The van der Waals surface area contributed by atoms with Gasteiger partial charge in [0.1, 0.15) is 18.2 Å². The van der Waals surface area contributed by atoms with Crippen LogP contribution in [0.15, 0.2) is 71.2 Å². The Morgan fingerprint density at radius 2 is 1.47 bits per heavy atom. The molecule has 5 aromatic rings. The molecule has 0 radical (unpaired) electrons. The van der Waals surface area contributed by atoms with Gasteiger partial charge in [0.25, 0.3) is 17.7 Å². The van der Waals surface area contributed by atoms with Crippen molar-refractivity contribution in [3.05, 3.63) is 100 Å². The van der Waals surface area contributed by atoms with E-state index >= 15 is 0 Å². The molecule has 0 fully saturated rings. The van der Waals surface area contributed by atoms with Crippen molar-refractivity contribution in [1.82, 2.24) is 46.3 Å². The minimum absolute atomic E-state index is 0.0124. The van der Waals surface area contributed by atoms with Gasteiger partial charge in [0.2, 0.25) is 23.6 Å². The van der Waals surface area contributed by atoms with E-state index < -0.39 is 59.9 Å². The highest BCUT2D eigenvalue weighted by atomic mass is 16.6.